The molecule has 2 rings (SSSR count). The molecule has 0 aromatic heterocycles. The average Bonchev–Trinajstić information content (AvgIpc) is 1.99. The van der Waals surface area contributed by atoms with Gasteiger partial charge in [0.25, 0.3) is 0 Å². The first kappa shape index (κ1) is 13.6. The Labute approximate surface area is 108 Å². The first-order valence-corrected chi connectivity index (χ1v) is 5.88. The molecule has 0 N–H and O–H groups in total. The van der Waals surface area contributed by atoms with Crippen molar-refractivity contribution in [2.24, 2.45) is 17.3 Å². The van der Waals surface area contributed by atoms with E-state index in [2.05, 4.69) is 31.0 Å². The molecule has 2 bridgehead atoms. The number of fused-ring (bicyclic) bond motifs is 2. The van der Waals surface area contributed by atoms with E-state index in [9.17, 15) is 0 Å². The van der Waals surface area contributed by atoms with Crippen LogP contribution in [-0.2, 0) is 20.4 Å². The molecule has 15 heavy (non-hydrogen) atoms. The van der Waals surface area contributed by atoms with Gasteiger partial charge in [-0.15, -0.1) is 13.1 Å². The molecule has 0 aromatic carbocycles. The van der Waals surface area contributed by atoms with Crippen molar-refractivity contribution in [2.75, 3.05) is 32.7 Å². The van der Waals surface area contributed by atoms with Gasteiger partial charge in [-0.25, -0.2) is 0 Å². The van der Waals surface area contributed by atoms with E-state index in [0.29, 0.717) is 5.41 Å². The molecule has 0 spiro atoms. The van der Waals surface area contributed by atoms with Gasteiger partial charge in [-0.05, 0) is 36.8 Å². The van der Waals surface area contributed by atoms with Crippen LogP contribution in [0.15, 0.2) is 0 Å². The minimum atomic E-state index is 0. The molecule has 1 radical (unpaired) electrons. The monoisotopic (exact) mass is 382 g/mol. The topological polar surface area (TPSA) is 17.3 Å². The predicted octanol–water partition coefficient (Wildman–Crippen LogP) is 2.36. The van der Waals surface area contributed by atoms with Crippen molar-refractivity contribution in [2.45, 2.75) is 27.2 Å². The molecule has 89 valence electrons. The Morgan fingerprint density at radius 1 is 1.13 bits per heavy atom. The molecule has 2 nitrogen and oxygen atoms in total. The van der Waals surface area contributed by atoms with E-state index in [1.807, 2.05) is 0 Å². The molecule has 2 atom stereocenters. The molecule has 0 amide bonds. The van der Waals surface area contributed by atoms with E-state index in [1.165, 1.54) is 26.1 Å². The van der Waals surface area contributed by atoms with Gasteiger partial charge in [-0.1, -0.05) is 20.8 Å². The third-order valence-electron chi connectivity index (χ3n) is 3.17. The second kappa shape index (κ2) is 5.28. The molecule has 2 aliphatic heterocycles. The summed E-state index contributed by atoms with van der Waals surface area (Å²) in [5, 5.41) is 4.57. The molecule has 0 saturated carbocycles. The fraction of sp³-hybridized carbons (Fsp3) is 1.00. The maximum absolute atomic E-state index is 4.57. The summed E-state index contributed by atoms with van der Waals surface area (Å²) in [7, 11) is 0. The van der Waals surface area contributed by atoms with Crippen LogP contribution in [0.2, 0.25) is 0 Å². The van der Waals surface area contributed by atoms with E-state index in [0.717, 1.165) is 24.9 Å². The van der Waals surface area contributed by atoms with Crippen molar-refractivity contribution in [1.82, 2.24) is 4.90 Å². The predicted molar refractivity (Wildman–Crippen MR) is 60.6 cm³/mol. The summed E-state index contributed by atoms with van der Waals surface area (Å²) < 4.78 is 0. The van der Waals surface area contributed by atoms with Crippen LogP contribution < -0.4 is 0 Å². The third-order valence-corrected chi connectivity index (χ3v) is 3.17. The molecule has 2 heterocycles. The Kier molecular flexibility index (Phi) is 4.80. The van der Waals surface area contributed by atoms with E-state index in [4.69, 9.17) is 0 Å². The molecular weight excluding hydrogens is 358 g/mol. The van der Waals surface area contributed by atoms with Gasteiger partial charge in [-0.3, -0.25) is 0 Å². The second-order valence-corrected chi connectivity index (χ2v) is 6.31. The Bertz CT molecular complexity index is 188. The number of piperidine rings is 2. The van der Waals surface area contributed by atoms with Gasteiger partial charge < -0.3 is 10.2 Å². The van der Waals surface area contributed by atoms with E-state index >= 15 is 0 Å². The van der Waals surface area contributed by atoms with Crippen molar-refractivity contribution in [3.63, 3.8) is 0 Å². The number of hydrogen-bond donors (Lipinski definition) is 0. The SMILES string of the molecule is CC(C)(C)CN1CC2C[N-]CC(C2)C1.[Re]. The molecule has 0 aliphatic carbocycles. The average molecular weight is 382 g/mol. The van der Waals surface area contributed by atoms with Crippen molar-refractivity contribution in [1.29, 1.82) is 0 Å². The fourth-order valence-electron chi connectivity index (χ4n) is 2.93. The van der Waals surface area contributed by atoms with Crippen LogP contribution in [0.25, 0.3) is 5.32 Å². The standard InChI is InChI=1S/C12H23N2.Re/c1-12(2,3)9-14-7-10-4-11(8-14)6-13-5-10;/h10-11H,4-9H2,1-3H3;/q-1;. The van der Waals surface area contributed by atoms with Crippen molar-refractivity contribution in [3.05, 3.63) is 5.32 Å². The summed E-state index contributed by atoms with van der Waals surface area (Å²) in [5.74, 6) is 1.73. The Morgan fingerprint density at radius 2 is 1.67 bits per heavy atom. The molecule has 3 heteroatoms. The second-order valence-electron chi connectivity index (χ2n) is 6.31. The van der Waals surface area contributed by atoms with Crippen LogP contribution in [-0.4, -0.2) is 37.6 Å². The normalized spacial score (nSPS) is 32.2. The summed E-state index contributed by atoms with van der Waals surface area (Å²) >= 11 is 0. The molecule has 2 saturated heterocycles. The van der Waals surface area contributed by atoms with E-state index in [1.54, 1.807) is 0 Å². The summed E-state index contributed by atoms with van der Waals surface area (Å²) in [6, 6.07) is 0. The smallest absolute Gasteiger partial charge is 0.00302 e. The van der Waals surface area contributed by atoms with Gasteiger partial charge in [0.2, 0.25) is 0 Å². The Morgan fingerprint density at radius 3 is 2.13 bits per heavy atom. The van der Waals surface area contributed by atoms with Gasteiger partial charge in [0.1, 0.15) is 0 Å². The summed E-state index contributed by atoms with van der Waals surface area (Å²) in [6.45, 7) is 13.1. The molecular formula is C12H23N2Re-. The summed E-state index contributed by atoms with van der Waals surface area (Å²) in [5.41, 5.74) is 0.447. The largest absolute Gasteiger partial charge is 0.662 e. The van der Waals surface area contributed by atoms with Gasteiger partial charge >= 0.3 is 0 Å². The van der Waals surface area contributed by atoms with Crippen molar-refractivity contribution >= 4 is 0 Å². The molecule has 0 aromatic rings. The van der Waals surface area contributed by atoms with Crippen molar-refractivity contribution < 1.29 is 20.4 Å². The van der Waals surface area contributed by atoms with Crippen LogP contribution in [0.3, 0.4) is 0 Å². The van der Waals surface area contributed by atoms with E-state index < -0.39 is 0 Å². The minimum Gasteiger partial charge on any atom is -0.662 e. The number of hydrogen-bond acceptors (Lipinski definition) is 1. The zero-order valence-corrected chi connectivity index (χ0v) is 12.9. The van der Waals surface area contributed by atoms with Crippen LogP contribution in [0.5, 0.6) is 0 Å². The zero-order valence-electron chi connectivity index (χ0n) is 10.2. The van der Waals surface area contributed by atoms with Crippen LogP contribution in [0, 0.1) is 17.3 Å². The minimum absolute atomic E-state index is 0. The van der Waals surface area contributed by atoms with Crippen LogP contribution >= 0.6 is 0 Å². The van der Waals surface area contributed by atoms with E-state index in [-0.39, 0.29) is 20.4 Å². The van der Waals surface area contributed by atoms with Crippen LogP contribution in [0.4, 0.5) is 0 Å². The zero-order chi connectivity index (χ0) is 10.2. The van der Waals surface area contributed by atoms with Gasteiger partial charge in [-0.2, -0.15) is 0 Å². The van der Waals surface area contributed by atoms with Crippen molar-refractivity contribution in [3.8, 4) is 0 Å². The number of nitrogens with zero attached hydrogens (tertiary/aromatic N) is 2. The summed E-state index contributed by atoms with van der Waals surface area (Å²) in [4.78, 5) is 2.66. The third kappa shape index (κ3) is 4.15. The van der Waals surface area contributed by atoms with Crippen LogP contribution in [0.1, 0.15) is 27.2 Å². The summed E-state index contributed by atoms with van der Waals surface area (Å²) in [6.07, 6.45) is 1.43. The molecule has 2 aliphatic rings. The first-order chi connectivity index (χ1) is 6.53. The van der Waals surface area contributed by atoms with Gasteiger partial charge in [0.15, 0.2) is 0 Å². The maximum Gasteiger partial charge on any atom is 0.00302 e. The molecule has 2 fully saturated rings. The quantitative estimate of drug-likeness (QED) is 0.682. The van der Waals surface area contributed by atoms with Gasteiger partial charge in [0.05, 0.1) is 0 Å². The number of rotatable bonds is 1. The first-order valence-electron chi connectivity index (χ1n) is 5.88. The number of likely N-dealkylation sites (tertiary alicyclic amines) is 1. The molecule has 2 unspecified atom stereocenters. The fourth-order valence-corrected chi connectivity index (χ4v) is 2.93. The van der Waals surface area contributed by atoms with Gasteiger partial charge in [0, 0.05) is 27.0 Å². The Balaban J connectivity index is 0.00000112. The maximum atomic E-state index is 4.57. The Hall–Kier alpha value is 0.582.